The van der Waals surface area contributed by atoms with Crippen molar-refractivity contribution in [2.75, 3.05) is 44.7 Å². The number of benzene rings is 1. The minimum absolute atomic E-state index is 0. The number of hydrogen-bond donors (Lipinski definition) is 2. The molecule has 2 aliphatic heterocycles. The summed E-state index contributed by atoms with van der Waals surface area (Å²) in [5.41, 5.74) is 0.709. The van der Waals surface area contributed by atoms with Gasteiger partial charge in [0.05, 0.1) is 5.69 Å². The van der Waals surface area contributed by atoms with Gasteiger partial charge in [0.25, 0.3) is 0 Å². The SMILES string of the molecule is CN=C(NCC1CCCN(C(C)C)C1)NC1CCN(c2ccccc2OC(F)F)C1.I. The first-order chi connectivity index (χ1) is 14.5. The van der Waals surface area contributed by atoms with Crippen molar-refractivity contribution in [2.45, 2.75) is 51.8 Å². The molecule has 2 aliphatic rings. The van der Waals surface area contributed by atoms with E-state index in [9.17, 15) is 8.78 Å². The van der Waals surface area contributed by atoms with Gasteiger partial charge in [-0.15, -0.1) is 24.0 Å². The van der Waals surface area contributed by atoms with E-state index < -0.39 is 6.61 Å². The number of para-hydroxylation sites is 2. The number of nitrogens with one attached hydrogen (secondary N) is 2. The summed E-state index contributed by atoms with van der Waals surface area (Å²) in [6.07, 6.45) is 3.40. The summed E-state index contributed by atoms with van der Waals surface area (Å²) in [6.45, 7) is 6.41. The highest BCUT2D eigenvalue weighted by molar-refractivity contribution is 14.0. The van der Waals surface area contributed by atoms with Crippen molar-refractivity contribution in [2.24, 2.45) is 10.9 Å². The van der Waals surface area contributed by atoms with E-state index in [1.165, 1.54) is 19.4 Å². The highest BCUT2D eigenvalue weighted by Gasteiger charge is 2.27. The number of halogens is 3. The number of piperidine rings is 1. The molecule has 2 unspecified atom stereocenters. The molecule has 0 amide bonds. The predicted octanol–water partition coefficient (Wildman–Crippen LogP) is 3.77. The van der Waals surface area contributed by atoms with Gasteiger partial charge in [0.1, 0.15) is 5.75 Å². The molecule has 176 valence electrons. The Bertz CT molecular complexity index is 706. The van der Waals surface area contributed by atoms with Crippen LogP contribution in [0.3, 0.4) is 0 Å². The van der Waals surface area contributed by atoms with Crippen LogP contribution in [-0.2, 0) is 0 Å². The molecular formula is C22H36F2IN5O. The molecule has 2 atom stereocenters. The quantitative estimate of drug-likeness (QED) is 0.307. The Morgan fingerprint density at radius 1 is 1.19 bits per heavy atom. The lowest BCUT2D eigenvalue weighted by atomic mass is 9.97. The number of ether oxygens (including phenoxy) is 1. The van der Waals surface area contributed by atoms with E-state index in [1.807, 2.05) is 12.1 Å². The molecule has 0 aliphatic carbocycles. The molecule has 2 saturated heterocycles. The van der Waals surface area contributed by atoms with E-state index in [4.69, 9.17) is 4.74 Å². The van der Waals surface area contributed by atoms with Crippen LogP contribution in [0.2, 0.25) is 0 Å². The first kappa shape index (κ1) is 25.9. The number of aliphatic imine (C=N–C) groups is 1. The van der Waals surface area contributed by atoms with Crippen LogP contribution in [0.4, 0.5) is 14.5 Å². The van der Waals surface area contributed by atoms with Crippen LogP contribution >= 0.6 is 24.0 Å². The van der Waals surface area contributed by atoms with Crippen molar-refractivity contribution in [3.05, 3.63) is 24.3 Å². The zero-order valence-corrected chi connectivity index (χ0v) is 21.0. The van der Waals surface area contributed by atoms with Gasteiger partial charge < -0.3 is 25.2 Å². The number of alkyl halides is 2. The molecule has 1 aromatic carbocycles. The molecule has 6 nitrogen and oxygen atoms in total. The smallest absolute Gasteiger partial charge is 0.387 e. The highest BCUT2D eigenvalue weighted by Crippen LogP contribution is 2.31. The van der Waals surface area contributed by atoms with Gasteiger partial charge in [0.15, 0.2) is 5.96 Å². The van der Waals surface area contributed by atoms with Gasteiger partial charge in [-0.05, 0) is 57.7 Å². The monoisotopic (exact) mass is 551 g/mol. The molecule has 1 aromatic rings. The topological polar surface area (TPSA) is 52.1 Å². The lowest BCUT2D eigenvalue weighted by Crippen LogP contribution is -2.48. The van der Waals surface area contributed by atoms with Crippen LogP contribution in [0.5, 0.6) is 5.75 Å². The third kappa shape index (κ3) is 7.62. The van der Waals surface area contributed by atoms with Crippen molar-refractivity contribution >= 4 is 35.6 Å². The zero-order valence-electron chi connectivity index (χ0n) is 18.7. The van der Waals surface area contributed by atoms with Gasteiger partial charge in [-0.2, -0.15) is 8.78 Å². The largest absolute Gasteiger partial charge is 0.433 e. The second kappa shape index (κ2) is 12.6. The summed E-state index contributed by atoms with van der Waals surface area (Å²) in [5, 5.41) is 6.98. The van der Waals surface area contributed by atoms with Crippen LogP contribution in [0.25, 0.3) is 0 Å². The number of hydrogen-bond acceptors (Lipinski definition) is 4. The van der Waals surface area contributed by atoms with E-state index in [0.29, 0.717) is 17.6 Å². The summed E-state index contributed by atoms with van der Waals surface area (Å²) in [6, 6.07) is 7.77. The van der Waals surface area contributed by atoms with Crippen LogP contribution in [0.15, 0.2) is 29.3 Å². The van der Waals surface area contributed by atoms with E-state index in [2.05, 4.69) is 39.3 Å². The molecule has 9 heteroatoms. The van der Waals surface area contributed by atoms with Crippen molar-refractivity contribution in [3.8, 4) is 5.75 Å². The van der Waals surface area contributed by atoms with Gasteiger partial charge in [0, 0.05) is 45.3 Å². The molecule has 3 rings (SSSR count). The van der Waals surface area contributed by atoms with Crippen molar-refractivity contribution in [3.63, 3.8) is 0 Å². The average Bonchev–Trinajstić information content (AvgIpc) is 3.19. The first-order valence-electron chi connectivity index (χ1n) is 11.0. The molecular weight excluding hydrogens is 515 g/mol. The fraction of sp³-hybridized carbons (Fsp3) is 0.682. The van der Waals surface area contributed by atoms with Gasteiger partial charge in [-0.3, -0.25) is 4.99 Å². The molecule has 2 N–H and O–H groups in total. The number of anilines is 1. The predicted molar refractivity (Wildman–Crippen MR) is 133 cm³/mol. The Morgan fingerprint density at radius 2 is 1.97 bits per heavy atom. The minimum Gasteiger partial charge on any atom is -0.433 e. The van der Waals surface area contributed by atoms with Crippen LogP contribution in [0, 0.1) is 5.92 Å². The van der Waals surface area contributed by atoms with Gasteiger partial charge in [-0.1, -0.05) is 12.1 Å². The zero-order chi connectivity index (χ0) is 21.5. The van der Waals surface area contributed by atoms with E-state index >= 15 is 0 Å². The molecule has 0 bridgehead atoms. The number of nitrogens with zero attached hydrogens (tertiary/aromatic N) is 3. The Kier molecular flexibility index (Phi) is 10.5. The fourth-order valence-corrected chi connectivity index (χ4v) is 4.37. The first-order valence-corrected chi connectivity index (χ1v) is 11.0. The summed E-state index contributed by atoms with van der Waals surface area (Å²) in [5.74, 6) is 1.65. The van der Waals surface area contributed by atoms with Gasteiger partial charge in [0.2, 0.25) is 0 Å². The van der Waals surface area contributed by atoms with Crippen molar-refractivity contribution < 1.29 is 13.5 Å². The van der Waals surface area contributed by atoms with E-state index in [-0.39, 0.29) is 35.8 Å². The van der Waals surface area contributed by atoms with Crippen LogP contribution < -0.4 is 20.3 Å². The molecule has 2 heterocycles. The normalized spacial score (nSPS) is 22.5. The number of likely N-dealkylation sites (tertiary alicyclic amines) is 1. The highest BCUT2D eigenvalue weighted by atomic mass is 127. The third-order valence-electron chi connectivity index (χ3n) is 6.01. The lowest BCUT2D eigenvalue weighted by molar-refractivity contribution is -0.0495. The number of guanidine groups is 1. The maximum atomic E-state index is 12.7. The Labute approximate surface area is 201 Å². The molecule has 0 radical (unpaired) electrons. The lowest BCUT2D eigenvalue weighted by Gasteiger charge is -2.35. The standard InChI is InChI=1S/C22H35F2N5O.HI/c1-16(2)28-11-6-7-17(14-28)13-26-22(25-3)27-18-10-12-29(15-18)19-8-4-5-9-20(19)30-21(23)24;/h4-5,8-9,16-18,21H,6-7,10-15H2,1-3H3,(H2,25,26,27);1H. The van der Waals surface area contributed by atoms with E-state index in [1.54, 1.807) is 19.2 Å². The second-order valence-corrected chi connectivity index (χ2v) is 8.47. The van der Waals surface area contributed by atoms with Gasteiger partial charge >= 0.3 is 6.61 Å². The van der Waals surface area contributed by atoms with Crippen molar-refractivity contribution in [1.29, 1.82) is 0 Å². The van der Waals surface area contributed by atoms with Crippen LogP contribution in [0.1, 0.15) is 33.1 Å². The van der Waals surface area contributed by atoms with Gasteiger partial charge in [-0.25, -0.2) is 0 Å². The Hall–Kier alpha value is -1.36. The Morgan fingerprint density at radius 3 is 2.68 bits per heavy atom. The van der Waals surface area contributed by atoms with Crippen LogP contribution in [-0.4, -0.2) is 69.3 Å². The molecule has 2 fully saturated rings. The molecule has 0 saturated carbocycles. The minimum atomic E-state index is -2.82. The Balaban J connectivity index is 0.00000341. The summed E-state index contributed by atoms with van der Waals surface area (Å²) >= 11 is 0. The second-order valence-electron chi connectivity index (χ2n) is 8.47. The molecule has 31 heavy (non-hydrogen) atoms. The van der Waals surface area contributed by atoms with E-state index in [0.717, 1.165) is 38.6 Å². The maximum Gasteiger partial charge on any atom is 0.387 e. The summed E-state index contributed by atoms with van der Waals surface area (Å²) in [4.78, 5) is 9.01. The third-order valence-corrected chi connectivity index (χ3v) is 6.01. The number of rotatable bonds is 7. The average molecular weight is 551 g/mol. The summed E-state index contributed by atoms with van der Waals surface area (Å²) in [7, 11) is 1.79. The fourth-order valence-electron chi connectivity index (χ4n) is 4.37. The maximum absolute atomic E-state index is 12.7. The summed E-state index contributed by atoms with van der Waals surface area (Å²) < 4.78 is 30.1. The molecule has 0 aromatic heterocycles. The molecule has 0 spiro atoms. The van der Waals surface area contributed by atoms with Crippen molar-refractivity contribution in [1.82, 2.24) is 15.5 Å².